The van der Waals surface area contributed by atoms with Crippen molar-refractivity contribution in [3.05, 3.63) is 78.3 Å². The maximum atomic E-state index is 12.9. The van der Waals surface area contributed by atoms with Gasteiger partial charge in [-0.2, -0.15) is 0 Å². The van der Waals surface area contributed by atoms with Crippen molar-refractivity contribution in [2.45, 2.75) is 0 Å². The van der Waals surface area contributed by atoms with Crippen molar-refractivity contribution in [1.82, 2.24) is 0 Å². The molecule has 0 unspecified atom stereocenters. The van der Waals surface area contributed by atoms with E-state index in [1.165, 1.54) is 36.4 Å². The largest absolute Gasteiger partial charge is 0.518 e. The number of carbonyl (C=O) groups excluding carboxylic acids is 2. The van der Waals surface area contributed by atoms with Crippen molar-refractivity contribution in [2.75, 3.05) is 0 Å². The molecule has 0 saturated heterocycles. The number of para-hydroxylation sites is 1. The van der Waals surface area contributed by atoms with E-state index in [-0.39, 0.29) is 16.9 Å². The molecule has 4 nitrogen and oxygen atoms in total. The molecule has 0 aromatic heterocycles. The molecule has 0 bridgehead atoms. The first-order chi connectivity index (χ1) is 10.1. The summed E-state index contributed by atoms with van der Waals surface area (Å²) in [7, 11) is 0. The molecule has 0 atom stereocenters. The third kappa shape index (κ3) is 3.54. The lowest BCUT2D eigenvalue weighted by Crippen LogP contribution is -2.11. The Morgan fingerprint density at radius 3 is 2.38 bits per heavy atom. The third-order valence-corrected chi connectivity index (χ3v) is 2.61. The number of ether oxygens (including phenoxy) is 2. The third-order valence-electron chi connectivity index (χ3n) is 2.61. The van der Waals surface area contributed by atoms with Gasteiger partial charge in [-0.1, -0.05) is 18.7 Å². The quantitative estimate of drug-likeness (QED) is 0.372. The first kappa shape index (κ1) is 14.5. The van der Waals surface area contributed by atoms with Crippen molar-refractivity contribution >= 4 is 11.9 Å². The molecule has 0 spiro atoms. The summed E-state index contributed by atoms with van der Waals surface area (Å²) in [6, 6.07) is 11.3. The maximum absolute atomic E-state index is 12.9. The average Bonchev–Trinajstić information content (AvgIpc) is 2.48. The van der Waals surface area contributed by atoms with Crippen LogP contribution in [-0.4, -0.2) is 11.9 Å². The van der Waals surface area contributed by atoms with Gasteiger partial charge in [-0.3, -0.25) is 4.79 Å². The summed E-state index contributed by atoms with van der Waals surface area (Å²) in [6.45, 7) is 3.23. The fourth-order valence-corrected chi connectivity index (χ4v) is 1.68. The van der Waals surface area contributed by atoms with Crippen LogP contribution >= 0.6 is 0 Å². The van der Waals surface area contributed by atoms with Crippen molar-refractivity contribution in [3.63, 3.8) is 0 Å². The first-order valence-corrected chi connectivity index (χ1v) is 6.00. The first-order valence-electron chi connectivity index (χ1n) is 6.00. The van der Waals surface area contributed by atoms with Gasteiger partial charge >= 0.3 is 6.16 Å². The summed E-state index contributed by atoms with van der Waals surface area (Å²) in [5, 5.41) is 0. The zero-order valence-electron chi connectivity index (χ0n) is 10.9. The van der Waals surface area contributed by atoms with Gasteiger partial charge in [-0.05, 0) is 36.4 Å². The van der Waals surface area contributed by atoms with Gasteiger partial charge in [-0.15, -0.1) is 0 Å². The number of hydrogen-bond acceptors (Lipinski definition) is 4. The zero-order chi connectivity index (χ0) is 15.2. The Kier molecular flexibility index (Phi) is 4.46. The van der Waals surface area contributed by atoms with Gasteiger partial charge in [0, 0.05) is 5.56 Å². The molecule has 106 valence electrons. The van der Waals surface area contributed by atoms with E-state index in [9.17, 15) is 14.0 Å². The van der Waals surface area contributed by atoms with Crippen molar-refractivity contribution in [3.8, 4) is 5.75 Å². The molecule has 0 aliphatic rings. The average molecular weight is 286 g/mol. The Morgan fingerprint density at radius 2 is 1.71 bits per heavy atom. The summed E-state index contributed by atoms with van der Waals surface area (Å²) in [6.07, 6.45) is -0.0726. The van der Waals surface area contributed by atoms with E-state index >= 15 is 0 Å². The summed E-state index contributed by atoms with van der Waals surface area (Å²) < 4.78 is 22.3. The minimum absolute atomic E-state index is 0.0543. The van der Waals surface area contributed by atoms with Crippen molar-refractivity contribution in [2.24, 2.45) is 0 Å². The van der Waals surface area contributed by atoms with Crippen LogP contribution in [0.1, 0.15) is 15.9 Å². The van der Waals surface area contributed by atoms with Gasteiger partial charge in [-0.25, -0.2) is 9.18 Å². The lowest BCUT2D eigenvalue weighted by Gasteiger charge is -2.08. The van der Waals surface area contributed by atoms with Crippen LogP contribution in [0.25, 0.3) is 0 Å². The predicted octanol–water partition coefficient (Wildman–Crippen LogP) is 3.72. The molecule has 0 saturated carbocycles. The molecule has 2 rings (SSSR count). The Labute approximate surface area is 120 Å². The Bertz CT molecular complexity index is 677. The summed E-state index contributed by atoms with van der Waals surface area (Å²) in [5.41, 5.74) is 0.453. The molecule has 2 aromatic rings. The molecule has 5 heteroatoms. The molecule has 21 heavy (non-hydrogen) atoms. The molecular weight excluding hydrogens is 275 g/mol. The monoisotopic (exact) mass is 286 g/mol. The van der Waals surface area contributed by atoms with Gasteiger partial charge < -0.3 is 9.47 Å². The fraction of sp³-hybridized carbons (Fsp3) is 0. The summed E-state index contributed by atoms with van der Waals surface area (Å²) in [5.74, 6) is -0.777. The highest BCUT2D eigenvalue weighted by atomic mass is 19.1. The van der Waals surface area contributed by atoms with E-state index in [0.29, 0.717) is 0 Å². The van der Waals surface area contributed by atoms with E-state index in [2.05, 4.69) is 11.3 Å². The van der Waals surface area contributed by atoms with Crippen molar-refractivity contribution < 1.29 is 23.5 Å². The highest BCUT2D eigenvalue weighted by Gasteiger charge is 2.17. The van der Waals surface area contributed by atoms with Crippen LogP contribution in [-0.2, 0) is 4.74 Å². The normalized spacial score (nSPS) is 9.76. The van der Waals surface area contributed by atoms with Crippen LogP contribution in [0.3, 0.4) is 0 Å². The van der Waals surface area contributed by atoms with Crippen LogP contribution in [0.4, 0.5) is 9.18 Å². The topological polar surface area (TPSA) is 52.6 Å². The highest BCUT2D eigenvalue weighted by molar-refractivity contribution is 6.10. The van der Waals surface area contributed by atoms with E-state index < -0.39 is 17.8 Å². The second kappa shape index (κ2) is 6.47. The Hall–Kier alpha value is -2.95. The lowest BCUT2D eigenvalue weighted by atomic mass is 10.0. The minimum Gasteiger partial charge on any atom is -0.403 e. The molecule has 0 fully saturated rings. The molecule has 2 aromatic carbocycles. The van der Waals surface area contributed by atoms with Crippen LogP contribution in [0.5, 0.6) is 5.75 Å². The van der Waals surface area contributed by atoms with Crippen LogP contribution in [0.2, 0.25) is 0 Å². The number of benzene rings is 2. The number of hydrogen-bond donors (Lipinski definition) is 0. The molecule has 0 heterocycles. The van der Waals surface area contributed by atoms with Crippen LogP contribution < -0.4 is 4.74 Å². The van der Waals surface area contributed by atoms with E-state index in [0.717, 1.165) is 6.26 Å². The van der Waals surface area contributed by atoms with E-state index in [4.69, 9.17) is 4.74 Å². The summed E-state index contributed by atoms with van der Waals surface area (Å²) >= 11 is 0. The van der Waals surface area contributed by atoms with Crippen molar-refractivity contribution in [1.29, 1.82) is 0 Å². The van der Waals surface area contributed by atoms with Crippen LogP contribution in [0, 0.1) is 5.82 Å². The molecule has 0 aliphatic carbocycles. The second-order valence-corrected chi connectivity index (χ2v) is 3.97. The molecule has 0 aliphatic heterocycles. The van der Waals surface area contributed by atoms with Gasteiger partial charge in [0.05, 0.1) is 11.8 Å². The molecule has 0 amide bonds. The summed E-state index contributed by atoms with van der Waals surface area (Å²) in [4.78, 5) is 23.6. The van der Waals surface area contributed by atoms with Gasteiger partial charge in [0.2, 0.25) is 0 Å². The van der Waals surface area contributed by atoms with Gasteiger partial charge in [0.25, 0.3) is 0 Å². The van der Waals surface area contributed by atoms with Crippen LogP contribution in [0.15, 0.2) is 61.4 Å². The number of halogens is 1. The second-order valence-electron chi connectivity index (χ2n) is 3.97. The van der Waals surface area contributed by atoms with E-state index in [1.54, 1.807) is 12.1 Å². The zero-order valence-corrected chi connectivity index (χ0v) is 10.9. The predicted molar refractivity (Wildman–Crippen MR) is 73.6 cm³/mol. The number of carbonyl (C=O) groups is 2. The minimum atomic E-state index is -0.996. The Morgan fingerprint density at radius 1 is 1.05 bits per heavy atom. The smallest absolute Gasteiger partial charge is 0.403 e. The number of ketones is 1. The lowest BCUT2D eigenvalue weighted by molar-refractivity contribution is 0.103. The van der Waals surface area contributed by atoms with E-state index in [1.807, 2.05) is 0 Å². The molecule has 0 N–H and O–H groups in total. The van der Waals surface area contributed by atoms with Gasteiger partial charge in [0.1, 0.15) is 11.6 Å². The maximum Gasteiger partial charge on any atom is 0.518 e. The molecular formula is C16H11FO4. The highest BCUT2D eigenvalue weighted by Crippen LogP contribution is 2.22. The molecule has 0 radical (unpaired) electrons. The van der Waals surface area contributed by atoms with Gasteiger partial charge in [0.15, 0.2) is 5.78 Å². The standard InChI is InChI=1S/C16H11FO4/c1-2-20-16(19)21-14-6-4-3-5-13(14)15(18)11-7-9-12(17)10-8-11/h2-10H,1H2. The number of rotatable bonds is 4. The SMILES string of the molecule is C=COC(=O)Oc1ccccc1C(=O)c1ccc(F)cc1. The fourth-order valence-electron chi connectivity index (χ4n) is 1.68. The Balaban J connectivity index is 2.30.